The van der Waals surface area contributed by atoms with Crippen molar-refractivity contribution in [1.82, 2.24) is 20.1 Å². The number of nitrogens with one attached hydrogen (secondary N) is 1. The first kappa shape index (κ1) is 24.4. The fourth-order valence-corrected chi connectivity index (χ4v) is 4.24. The Hall–Kier alpha value is -3.20. The molecule has 1 aromatic heterocycles. The van der Waals surface area contributed by atoms with E-state index in [4.69, 9.17) is 4.74 Å². The number of hydrogen-bond donors (Lipinski definition) is 1. The molecule has 0 saturated heterocycles. The van der Waals surface area contributed by atoms with Crippen molar-refractivity contribution >= 4 is 23.5 Å². The van der Waals surface area contributed by atoms with Crippen LogP contribution in [0.2, 0.25) is 0 Å². The number of carbonyl (C=O) groups is 2. The molecule has 1 atom stereocenters. The number of carbonyl (C=O) groups excluding carboxylic acids is 2. The molecule has 174 valence electrons. The Morgan fingerprint density at radius 1 is 1.15 bits per heavy atom. The second kappa shape index (κ2) is 11.1. The van der Waals surface area contributed by atoms with E-state index >= 15 is 0 Å². The Bertz CT molecular complexity index is 1130. The van der Waals surface area contributed by atoms with E-state index in [0.29, 0.717) is 28.8 Å². The molecule has 7 nitrogen and oxygen atoms in total. The number of nitrogens with zero attached hydrogens (tertiary/aromatic N) is 3. The third kappa shape index (κ3) is 5.78. The van der Waals surface area contributed by atoms with Crippen molar-refractivity contribution in [2.75, 3.05) is 12.9 Å². The Balaban J connectivity index is 1.77. The first-order chi connectivity index (χ1) is 15.8. The van der Waals surface area contributed by atoms with Crippen LogP contribution >= 0.6 is 11.8 Å². The molecule has 3 aromatic rings. The van der Waals surface area contributed by atoms with Crippen molar-refractivity contribution in [1.29, 1.82) is 0 Å². The number of Topliss-reactive ketones (excluding diaryl/α,β-unsaturated/α-hetero) is 1. The summed E-state index contributed by atoms with van der Waals surface area (Å²) in [6, 6.07) is 12.4. The third-order valence-corrected chi connectivity index (χ3v) is 6.10. The molecule has 3 rings (SSSR count). The van der Waals surface area contributed by atoms with Gasteiger partial charge in [-0.25, -0.2) is 4.39 Å². The maximum absolute atomic E-state index is 14.1. The number of benzene rings is 2. The van der Waals surface area contributed by atoms with Crippen LogP contribution < -0.4 is 10.1 Å². The normalized spacial score (nSPS) is 11.9. The van der Waals surface area contributed by atoms with Crippen LogP contribution in [0.4, 0.5) is 4.39 Å². The largest absolute Gasteiger partial charge is 0.497 e. The topological polar surface area (TPSA) is 86.1 Å². The Morgan fingerprint density at radius 3 is 2.58 bits per heavy atom. The molecule has 0 aliphatic rings. The van der Waals surface area contributed by atoms with Crippen molar-refractivity contribution in [2.45, 2.75) is 38.5 Å². The van der Waals surface area contributed by atoms with Gasteiger partial charge in [-0.15, -0.1) is 10.2 Å². The number of amides is 1. The van der Waals surface area contributed by atoms with Crippen LogP contribution in [-0.4, -0.2) is 39.3 Å². The molecular formula is C24H27FN4O3S. The summed E-state index contributed by atoms with van der Waals surface area (Å²) in [5.41, 5.74) is 0.533. The van der Waals surface area contributed by atoms with Gasteiger partial charge in [0, 0.05) is 12.1 Å². The van der Waals surface area contributed by atoms with Gasteiger partial charge in [-0.2, -0.15) is 0 Å². The van der Waals surface area contributed by atoms with Crippen LogP contribution in [0.3, 0.4) is 0 Å². The quantitative estimate of drug-likeness (QED) is 0.346. The molecule has 0 fully saturated rings. The minimum Gasteiger partial charge on any atom is -0.497 e. The number of halogens is 1. The second-order valence-electron chi connectivity index (χ2n) is 7.70. The number of aromatic nitrogens is 3. The van der Waals surface area contributed by atoms with Gasteiger partial charge in [0.2, 0.25) is 0 Å². The summed E-state index contributed by atoms with van der Waals surface area (Å²) in [6.45, 7) is 6.38. The zero-order valence-corrected chi connectivity index (χ0v) is 19.9. The number of methoxy groups -OCH3 is 1. The predicted molar refractivity (Wildman–Crippen MR) is 125 cm³/mol. The van der Waals surface area contributed by atoms with Gasteiger partial charge in [0.05, 0.1) is 24.5 Å². The molecule has 1 amide bonds. The molecule has 2 aromatic carbocycles. The fraction of sp³-hybridized carbons (Fsp3) is 0.333. The second-order valence-corrected chi connectivity index (χ2v) is 8.65. The van der Waals surface area contributed by atoms with Gasteiger partial charge in [-0.1, -0.05) is 49.9 Å². The molecule has 9 heteroatoms. The number of hydrogen-bond acceptors (Lipinski definition) is 6. The smallest absolute Gasteiger partial charge is 0.254 e. The van der Waals surface area contributed by atoms with E-state index in [1.54, 1.807) is 37.4 Å². The lowest BCUT2D eigenvalue weighted by atomic mass is 10.0. The van der Waals surface area contributed by atoms with Crippen molar-refractivity contribution in [3.63, 3.8) is 0 Å². The lowest BCUT2D eigenvalue weighted by molar-refractivity contribution is 0.0917. The molecule has 33 heavy (non-hydrogen) atoms. The summed E-state index contributed by atoms with van der Waals surface area (Å²) in [6.07, 6.45) is 0. The number of ether oxygens (including phenoxy) is 1. The first-order valence-electron chi connectivity index (χ1n) is 10.6. The fourth-order valence-electron chi connectivity index (χ4n) is 3.34. The summed E-state index contributed by atoms with van der Waals surface area (Å²) < 4.78 is 21.1. The highest BCUT2D eigenvalue weighted by atomic mass is 32.2. The number of ketones is 1. The van der Waals surface area contributed by atoms with Gasteiger partial charge in [-0.05, 0) is 37.1 Å². The lowest BCUT2D eigenvalue weighted by Gasteiger charge is -2.22. The zero-order valence-electron chi connectivity index (χ0n) is 19.0. The van der Waals surface area contributed by atoms with Crippen molar-refractivity contribution in [2.24, 2.45) is 5.92 Å². The standard InChI is InChI=1S/C24H27FN4O3S/c1-5-29-22(21(15(2)3)26-23(31)18-11-6-7-12-19(18)25)27-28-24(29)33-14-20(30)16-9-8-10-17(13-16)32-4/h6-13,15,21H,5,14H2,1-4H3,(H,26,31)/t21-/m0/s1. The van der Waals surface area contributed by atoms with Crippen LogP contribution in [-0.2, 0) is 6.54 Å². The zero-order chi connectivity index (χ0) is 24.0. The van der Waals surface area contributed by atoms with E-state index in [0.717, 1.165) is 0 Å². The SMILES string of the molecule is CCn1c(SCC(=O)c2cccc(OC)c2)nnc1[C@@H](NC(=O)c1ccccc1F)C(C)C. The number of rotatable bonds is 10. The summed E-state index contributed by atoms with van der Waals surface area (Å²) in [7, 11) is 1.56. The van der Waals surface area contributed by atoms with Crippen LogP contribution in [0.25, 0.3) is 0 Å². The third-order valence-electron chi connectivity index (χ3n) is 5.14. The van der Waals surface area contributed by atoms with E-state index in [1.165, 1.54) is 30.0 Å². The molecule has 0 unspecified atom stereocenters. The molecule has 0 aliphatic heterocycles. The Labute approximate surface area is 196 Å². The van der Waals surface area contributed by atoms with Gasteiger partial charge < -0.3 is 14.6 Å². The molecule has 0 aliphatic carbocycles. The van der Waals surface area contributed by atoms with Gasteiger partial charge in [-0.3, -0.25) is 9.59 Å². The average molecular weight is 471 g/mol. The van der Waals surface area contributed by atoms with Crippen molar-refractivity contribution in [3.05, 3.63) is 71.3 Å². The maximum Gasteiger partial charge on any atom is 0.254 e. The molecule has 0 bridgehead atoms. The number of thioether (sulfide) groups is 1. The molecule has 1 heterocycles. The van der Waals surface area contributed by atoms with Crippen LogP contribution in [0.1, 0.15) is 53.4 Å². The highest BCUT2D eigenvalue weighted by molar-refractivity contribution is 7.99. The summed E-state index contributed by atoms with van der Waals surface area (Å²) >= 11 is 1.28. The van der Waals surface area contributed by atoms with Crippen molar-refractivity contribution < 1.29 is 18.7 Å². The lowest BCUT2D eigenvalue weighted by Crippen LogP contribution is -2.34. The highest BCUT2D eigenvalue weighted by Gasteiger charge is 2.27. The van der Waals surface area contributed by atoms with E-state index < -0.39 is 17.8 Å². The van der Waals surface area contributed by atoms with Crippen LogP contribution in [0.5, 0.6) is 5.75 Å². The molecule has 1 N–H and O–H groups in total. The van der Waals surface area contributed by atoms with Crippen LogP contribution in [0.15, 0.2) is 53.7 Å². The first-order valence-corrected chi connectivity index (χ1v) is 11.6. The molecule has 0 saturated carbocycles. The monoisotopic (exact) mass is 470 g/mol. The average Bonchev–Trinajstić information content (AvgIpc) is 3.23. The predicted octanol–water partition coefficient (Wildman–Crippen LogP) is 4.55. The summed E-state index contributed by atoms with van der Waals surface area (Å²) in [4.78, 5) is 25.4. The van der Waals surface area contributed by atoms with Gasteiger partial charge in [0.15, 0.2) is 16.8 Å². The van der Waals surface area contributed by atoms with E-state index in [9.17, 15) is 14.0 Å². The Morgan fingerprint density at radius 2 is 1.91 bits per heavy atom. The van der Waals surface area contributed by atoms with Gasteiger partial charge in [0.1, 0.15) is 11.6 Å². The molecular weight excluding hydrogens is 443 g/mol. The summed E-state index contributed by atoms with van der Waals surface area (Å²) in [5.74, 6) is 0.190. The van der Waals surface area contributed by atoms with Gasteiger partial charge >= 0.3 is 0 Å². The molecule has 0 radical (unpaired) electrons. The van der Waals surface area contributed by atoms with Gasteiger partial charge in [0.25, 0.3) is 5.91 Å². The summed E-state index contributed by atoms with van der Waals surface area (Å²) in [5, 5.41) is 12.0. The van der Waals surface area contributed by atoms with Crippen molar-refractivity contribution in [3.8, 4) is 5.75 Å². The maximum atomic E-state index is 14.1. The van der Waals surface area contributed by atoms with E-state index in [-0.39, 0.29) is 23.0 Å². The highest BCUT2D eigenvalue weighted by Crippen LogP contribution is 2.26. The van der Waals surface area contributed by atoms with E-state index in [1.807, 2.05) is 25.3 Å². The minimum absolute atomic E-state index is 0.0218. The van der Waals surface area contributed by atoms with E-state index in [2.05, 4.69) is 15.5 Å². The Kier molecular flexibility index (Phi) is 8.21. The molecule has 0 spiro atoms. The minimum atomic E-state index is -0.582. The van der Waals surface area contributed by atoms with Crippen LogP contribution in [0, 0.1) is 11.7 Å².